The maximum Gasteiger partial charge on any atom is 0.310 e. The molecule has 1 saturated heterocycles. The van der Waals surface area contributed by atoms with Gasteiger partial charge >= 0.3 is 5.97 Å². The van der Waals surface area contributed by atoms with Crippen molar-refractivity contribution < 1.29 is 19.5 Å². The van der Waals surface area contributed by atoms with E-state index in [1.54, 1.807) is 16.2 Å². The van der Waals surface area contributed by atoms with Gasteiger partial charge in [-0.15, -0.1) is 11.3 Å². The first-order valence-corrected chi connectivity index (χ1v) is 22.1. The minimum atomic E-state index is -0.824. The molecule has 56 heavy (non-hydrogen) atoms. The molecule has 0 unspecified atom stereocenters. The van der Waals surface area contributed by atoms with E-state index in [-0.39, 0.29) is 11.3 Å². The lowest BCUT2D eigenvalue weighted by Gasteiger charge is -2.36. The fourth-order valence-electron chi connectivity index (χ4n) is 6.23. The summed E-state index contributed by atoms with van der Waals surface area (Å²) >= 11 is 1.57. The molecule has 0 radical (unpaired) electrons. The quantitative estimate of drug-likeness (QED) is 0.217. The molecular formula is C47H76N4O4S. The highest BCUT2D eigenvalue weighted by Crippen LogP contribution is 2.29. The summed E-state index contributed by atoms with van der Waals surface area (Å²) in [7, 11) is 1.50. The van der Waals surface area contributed by atoms with Crippen LogP contribution in [0.2, 0.25) is 0 Å². The molecule has 6 rings (SSSR count). The highest BCUT2D eigenvalue weighted by Gasteiger charge is 2.35. The number of carboxylic acid groups (broad SMARTS) is 1. The predicted molar refractivity (Wildman–Crippen MR) is 239 cm³/mol. The number of nitrogens with two attached hydrogens (primary N) is 1. The summed E-state index contributed by atoms with van der Waals surface area (Å²) < 4.78 is 0. The highest BCUT2D eigenvalue weighted by atomic mass is 32.1. The first-order valence-electron chi connectivity index (χ1n) is 21.3. The van der Waals surface area contributed by atoms with Crippen LogP contribution in [0.15, 0.2) is 54.9 Å². The van der Waals surface area contributed by atoms with Crippen molar-refractivity contribution >= 4 is 35.1 Å². The van der Waals surface area contributed by atoms with E-state index in [1.807, 2.05) is 90.3 Å². The van der Waals surface area contributed by atoms with E-state index in [0.29, 0.717) is 31.8 Å². The monoisotopic (exact) mass is 793 g/mol. The van der Waals surface area contributed by atoms with Crippen molar-refractivity contribution in [1.29, 1.82) is 0 Å². The summed E-state index contributed by atoms with van der Waals surface area (Å²) in [5.41, 5.74) is 9.16. The van der Waals surface area contributed by atoms with Gasteiger partial charge in [0.25, 0.3) is 0 Å². The number of nitrogens with zero attached hydrogens (tertiary/aromatic N) is 3. The van der Waals surface area contributed by atoms with E-state index in [9.17, 15) is 14.4 Å². The zero-order valence-corrected chi connectivity index (χ0v) is 37.6. The van der Waals surface area contributed by atoms with Crippen LogP contribution in [0, 0.1) is 11.8 Å². The standard InChI is InChI=1S/C23H25N3O3.C9H12OS.C8H16.3C2H6.CH5N/c27-21(26-14-20(15-26)23(28)29)11-8-16-6-9-18(10-7-16)22-24-12-19(13-25-22)17-4-2-1-3-5-17;1-9(2,3)8-5-4-7(6-10)11-8;1-2-8-6-4-3-5-7-8;4*1-2/h4,6-7,9-10,12-13,20H,1-3,5,8,11,14-15H2,(H,28,29);4-6H,1-3H3;8H,2-7H2,1H3;3*1-2H3;2H2,1H3. The van der Waals surface area contributed by atoms with E-state index < -0.39 is 11.9 Å². The molecule has 314 valence electrons. The molecule has 2 aromatic heterocycles. The molecule has 2 aliphatic carbocycles. The molecule has 1 amide bonds. The Hall–Kier alpha value is -3.69. The van der Waals surface area contributed by atoms with Crippen LogP contribution in [-0.2, 0) is 21.4 Å². The first-order chi connectivity index (χ1) is 27.1. The Labute approximate surface area is 344 Å². The Balaban J connectivity index is 0.000000919. The van der Waals surface area contributed by atoms with E-state index in [0.717, 1.165) is 46.6 Å². The summed E-state index contributed by atoms with van der Waals surface area (Å²) in [4.78, 5) is 46.1. The number of benzene rings is 1. The zero-order chi connectivity index (χ0) is 42.5. The molecular weight excluding hydrogens is 717 g/mol. The number of rotatable bonds is 8. The van der Waals surface area contributed by atoms with Crippen LogP contribution >= 0.6 is 11.3 Å². The third kappa shape index (κ3) is 19.0. The summed E-state index contributed by atoms with van der Waals surface area (Å²) in [5, 5.41) is 8.89. The molecule has 3 aliphatic rings. The number of aryl methyl sites for hydroxylation is 1. The number of allylic oxidation sites excluding steroid dienone is 2. The van der Waals surface area contributed by atoms with E-state index in [1.165, 1.54) is 68.9 Å². The van der Waals surface area contributed by atoms with Gasteiger partial charge in [-0.05, 0) is 73.8 Å². The van der Waals surface area contributed by atoms with Gasteiger partial charge in [-0.25, -0.2) is 9.97 Å². The largest absolute Gasteiger partial charge is 0.481 e. The molecule has 3 heterocycles. The third-order valence-corrected chi connectivity index (χ3v) is 11.0. The fourth-order valence-corrected chi connectivity index (χ4v) is 7.11. The number of carboxylic acids is 1. The Bertz CT molecular complexity index is 1500. The van der Waals surface area contributed by atoms with Crippen molar-refractivity contribution in [3.8, 4) is 11.4 Å². The number of aliphatic carboxylic acids is 1. The predicted octanol–water partition coefficient (Wildman–Crippen LogP) is 12.1. The number of carbonyl (C=O) groups excluding carboxylic acids is 2. The van der Waals surface area contributed by atoms with Gasteiger partial charge in [0, 0.05) is 47.9 Å². The minimum absolute atomic E-state index is 0.0162. The van der Waals surface area contributed by atoms with Gasteiger partial charge in [-0.2, -0.15) is 0 Å². The third-order valence-electron chi connectivity index (χ3n) is 9.52. The van der Waals surface area contributed by atoms with E-state index in [4.69, 9.17) is 5.11 Å². The number of likely N-dealkylation sites (tertiary alicyclic amines) is 1. The molecule has 0 atom stereocenters. The Morgan fingerprint density at radius 1 is 0.857 bits per heavy atom. The van der Waals surface area contributed by atoms with Gasteiger partial charge in [0.15, 0.2) is 12.1 Å². The van der Waals surface area contributed by atoms with Crippen LogP contribution in [0.5, 0.6) is 0 Å². The van der Waals surface area contributed by atoms with Crippen molar-refractivity contribution in [1.82, 2.24) is 14.9 Å². The number of hydrogen-bond acceptors (Lipinski definition) is 7. The lowest BCUT2D eigenvalue weighted by Crippen LogP contribution is -2.53. The molecule has 8 nitrogen and oxygen atoms in total. The van der Waals surface area contributed by atoms with Crippen LogP contribution in [0.4, 0.5) is 0 Å². The number of hydrogen-bond donors (Lipinski definition) is 2. The van der Waals surface area contributed by atoms with Crippen LogP contribution < -0.4 is 5.73 Å². The van der Waals surface area contributed by atoms with Gasteiger partial charge in [0.05, 0.1) is 10.8 Å². The van der Waals surface area contributed by atoms with Crippen LogP contribution in [0.3, 0.4) is 0 Å². The van der Waals surface area contributed by atoms with Crippen molar-refractivity contribution in [2.45, 2.75) is 152 Å². The van der Waals surface area contributed by atoms with E-state index in [2.05, 4.69) is 49.5 Å². The fraction of sp³-hybridized carbons (Fsp3) is 0.596. The van der Waals surface area contributed by atoms with Crippen LogP contribution in [0.1, 0.15) is 166 Å². The first kappa shape index (κ1) is 52.3. The van der Waals surface area contributed by atoms with Gasteiger partial charge in [0.2, 0.25) is 5.91 Å². The molecule has 1 saturated carbocycles. The van der Waals surface area contributed by atoms with Crippen LogP contribution in [-0.4, -0.2) is 58.3 Å². The maximum atomic E-state index is 12.1. The number of aldehydes is 1. The number of thiophene rings is 1. The summed E-state index contributed by atoms with van der Waals surface area (Å²) in [6.07, 6.45) is 21.7. The molecule has 1 aromatic carbocycles. The summed E-state index contributed by atoms with van der Waals surface area (Å²) in [6.45, 7) is 21.4. The Morgan fingerprint density at radius 2 is 1.45 bits per heavy atom. The second kappa shape index (κ2) is 30.4. The molecule has 0 spiro atoms. The van der Waals surface area contributed by atoms with Gasteiger partial charge in [-0.1, -0.05) is 138 Å². The lowest BCUT2D eigenvalue weighted by molar-refractivity contribution is -0.152. The van der Waals surface area contributed by atoms with Gasteiger partial charge < -0.3 is 15.7 Å². The molecule has 9 heteroatoms. The topological polar surface area (TPSA) is 126 Å². The van der Waals surface area contributed by atoms with Gasteiger partial charge in [-0.3, -0.25) is 14.4 Å². The lowest BCUT2D eigenvalue weighted by atomic mass is 9.88. The minimum Gasteiger partial charge on any atom is -0.481 e. The second-order valence-corrected chi connectivity index (χ2v) is 15.4. The van der Waals surface area contributed by atoms with Crippen molar-refractivity contribution in [2.24, 2.45) is 17.6 Å². The molecule has 0 bridgehead atoms. The summed E-state index contributed by atoms with van der Waals surface area (Å²) in [6, 6.07) is 11.9. The molecule has 3 N–H and O–H groups in total. The number of amides is 1. The normalized spacial score (nSPS) is 14.8. The Kier molecular flexibility index (Phi) is 28.4. The second-order valence-electron chi connectivity index (χ2n) is 14.3. The maximum absolute atomic E-state index is 12.1. The molecule has 1 aliphatic heterocycles. The smallest absolute Gasteiger partial charge is 0.310 e. The van der Waals surface area contributed by atoms with Crippen molar-refractivity contribution in [3.63, 3.8) is 0 Å². The number of aromatic nitrogens is 2. The zero-order valence-electron chi connectivity index (χ0n) is 36.8. The molecule has 2 fully saturated rings. The van der Waals surface area contributed by atoms with Crippen LogP contribution in [0.25, 0.3) is 17.0 Å². The van der Waals surface area contributed by atoms with Crippen molar-refractivity contribution in [2.75, 3.05) is 20.1 Å². The highest BCUT2D eigenvalue weighted by molar-refractivity contribution is 7.13. The van der Waals surface area contributed by atoms with Gasteiger partial charge in [0.1, 0.15) is 0 Å². The summed E-state index contributed by atoms with van der Waals surface area (Å²) in [5.74, 6) is 0.578. The SMILES string of the molecule is CC.CC.CC.CC(C)(C)c1ccc(C=O)s1.CCC1CCCCC1.CN.O=C(O)C1CN(C(=O)CCc2ccc(-c3ncc(C4=CCCCC4)cn3)cc2)C1. The van der Waals surface area contributed by atoms with Crippen molar-refractivity contribution in [3.05, 3.63) is 75.7 Å². The molecule has 3 aromatic rings. The Morgan fingerprint density at radius 3 is 1.88 bits per heavy atom. The average molecular weight is 793 g/mol. The van der Waals surface area contributed by atoms with E-state index >= 15 is 0 Å². The average Bonchev–Trinajstić information content (AvgIpc) is 3.75. The number of carbonyl (C=O) groups is 3.